The molecule has 0 fully saturated rings. The summed E-state index contributed by atoms with van der Waals surface area (Å²) in [6.45, 7) is 4.39. The first-order valence-corrected chi connectivity index (χ1v) is 8.72. The molecule has 0 aliphatic carbocycles. The zero-order valence-electron chi connectivity index (χ0n) is 16.7. The number of aliphatic hydroxyl groups excluding tert-OH is 1. The van der Waals surface area contributed by atoms with Crippen LogP contribution < -0.4 is 0 Å². The average molecular weight is 464 g/mol. The van der Waals surface area contributed by atoms with Crippen molar-refractivity contribution in [3.05, 3.63) is 71.3 Å². The molecule has 0 amide bonds. The van der Waals surface area contributed by atoms with Gasteiger partial charge in [0, 0.05) is 46.3 Å². The number of benzene rings is 2. The van der Waals surface area contributed by atoms with Crippen LogP contribution in [0.5, 0.6) is 0 Å². The second kappa shape index (κ2) is 13.9. The summed E-state index contributed by atoms with van der Waals surface area (Å²) in [4.78, 5) is 11.5. The van der Waals surface area contributed by atoms with Crippen LogP contribution in [0.2, 0.25) is 0 Å². The van der Waals surface area contributed by atoms with Gasteiger partial charge in [0.2, 0.25) is 0 Å². The molecule has 151 valence electrons. The van der Waals surface area contributed by atoms with Crippen molar-refractivity contribution >= 4 is 5.97 Å². The number of aliphatic carboxylic acids is 1. The molecule has 0 aliphatic heterocycles. The number of carboxylic acids is 1. The summed E-state index contributed by atoms with van der Waals surface area (Å²) in [7, 11) is 1.51. The summed E-state index contributed by atoms with van der Waals surface area (Å²) in [5, 5.41) is 28.0. The van der Waals surface area contributed by atoms with Crippen LogP contribution in [0, 0.1) is 6.92 Å². The zero-order valence-corrected chi connectivity index (χ0v) is 19.5. The van der Waals surface area contributed by atoms with Crippen LogP contribution in [0.4, 0.5) is 0 Å². The summed E-state index contributed by atoms with van der Waals surface area (Å²) in [6.07, 6.45) is 0. The third kappa shape index (κ3) is 9.37. The second-order valence-electron chi connectivity index (χ2n) is 6.58. The number of hydroxylamine groups is 2. The Balaban J connectivity index is 0.000000678. The molecule has 1 radical (unpaired) electrons. The molecule has 0 bridgehead atoms. The van der Waals surface area contributed by atoms with E-state index >= 15 is 0 Å². The van der Waals surface area contributed by atoms with Gasteiger partial charge in [-0.05, 0) is 25.0 Å². The predicted molar refractivity (Wildman–Crippen MR) is 104 cm³/mol. The second-order valence-corrected chi connectivity index (χ2v) is 6.58. The SMILES string of the molecule is Cc1cccc(C(C)(COCCN(C)O)C(=O)O)c1.OCc1ccccc1.[Y]. The average Bonchev–Trinajstić information content (AvgIpc) is 2.66. The summed E-state index contributed by atoms with van der Waals surface area (Å²) in [5.41, 5.74) is 1.62. The van der Waals surface area contributed by atoms with Crippen LogP contribution in [0.25, 0.3) is 0 Å². The molecule has 6 nitrogen and oxygen atoms in total. The van der Waals surface area contributed by atoms with Crippen molar-refractivity contribution in [3.8, 4) is 0 Å². The molecule has 0 spiro atoms. The summed E-state index contributed by atoms with van der Waals surface area (Å²) in [6, 6.07) is 16.9. The van der Waals surface area contributed by atoms with E-state index in [1.54, 1.807) is 13.0 Å². The number of rotatable bonds is 8. The summed E-state index contributed by atoms with van der Waals surface area (Å²) < 4.78 is 5.38. The van der Waals surface area contributed by atoms with E-state index in [4.69, 9.17) is 15.1 Å². The Morgan fingerprint density at radius 2 is 1.79 bits per heavy atom. The minimum atomic E-state index is -1.08. The van der Waals surface area contributed by atoms with Crippen LogP contribution >= 0.6 is 0 Å². The van der Waals surface area contributed by atoms with Gasteiger partial charge >= 0.3 is 5.97 Å². The molecule has 1 atom stereocenters. The van der Waals surface area contributed by atoms with E-state index in [1.807, 2.05) is 55.5 Å². The van der Waals surface area contributed by atoms with E-state index < -0.39 is 11.4 Å². The first-order valence-electron chi connectivity index (χ1n) is 8.72. The van der Waals surface area contributed by atoms with E-state index in [0.29, 0.717) is 6.54 Å². The van der Waals surface area contributed by atoms with Crippen molar-refractivity contribution in [2.75, 3.05) is 26.8 Å². The van der Waals surface area contributed by atoms with Gasteiger partial charge < -0.3 is 20.2 Å². The maximum absolute atomic E-state index is 11.5. The van der Waals surface area contributed by atoms with Gasteiger partial charge in [0.25, 0.3) is 0 Å². The number of likely N-dealkylation sites (N-methyl/N-ethyl adjacent to an activating group) is 1. The van der Waals surface area contributed by atoms with Crippen molar-refractivity contribution in [2.24, 2.45) is 0 Å². The van der Waals surface area contributed by atoms with Gasteiger partial charge in [-0.25, -0.2) is 0 Å². The Kier molecular flexibility index (Phi) is 13.4. The number of hydrogen-bond donors (Lipinski definition) is 3. The molecular formula is C21H29NO5Y. The van der Waals surface area contributed by atoms with Crippen molar-refractivity contribution < 1.29 is 57.7 Å². The quantitative estimate of drug-likeness (QED) is 0.411. The molecule has 2 aromatic carbocycles. The van der Waals surface area contributed by atoms with E-state index in [2.05, 4.69) is 0 Å². The van der Waals surface area contributed by atoms with E-state index in [9.17, 15) is 9.90 Å². The monoisotopic (exact) mass is 464 g/mol. The number of carboxylic acid groups (broad SMARTS) is 1. The third-order valence-electron chi connectivity index (χ3n) is 4.10. The van der Waals surface area contributed by atoms with E-state index in [0.717, 1.165) is 21.8 Å². The van der Waals surface area contributed by atoms with Crippen LogP contribution in [-0.4, -0.2) is 53.3 Å². The van der Waals surface area contributed by atoms with Gasteiger partial charge in [-0.1, -0.05) is 60.2 Å². The largest absolute Gasteiger partial charge is 0.481 e. The minimum Gasteiger partial charge on any atom is -0.481 e. The fraction of sp³-hybridized carbons (Fsp3) is 0.381. The fourth-order valence-corrected chi connectivity index (χ4v) is 2.31. The molecule has 1 unspecified atom stereocenters. The molecule has 0 aromatic heterocycles. The molecule has 0 heterocycles. The molecule has 3 N–H and O–H groups in total. The maximum atomic E-state index is 11.5. The molecule has 2 rings (SSSR count). The predicted octanol–water partition coefficient (Wildman–Crippen LogP) is 2.85. The van der Waals surface area contributed by atoms with Crippen molar-refractivity contribution in [3.63, 3.8) is 0 Å². The van der Waals surface area contributed by atoms with Crippen molar-refractivity contribution in [1.29, 1.82) is 0 Å². The summed E-state index contributed by atoms with van der Waals surface area (Å²) in [5.74, 6) is -0.921. The molecule has 7 heteroatoms. The van der Waals surface area contributed by atoms with Gasteiger partial charge in [-0.15, -0.1) is 0 Å². The smallest absolute Gasteiger partial charge is 0.316 e. The Morgan fingerprint density at radius 3 is 2.25 bits per heavy atom. The van der Waals surface area contributed by atoms with E-state index in [1.165, 1.54) is 7.05 Å². The molecule has 0 saturated heterocycles. The Labute approximate surface area is 192 Å². The topological polar surface area (TPSA) is 90.2 Å². The number of nitrogens with zero attached hydrogens (tertiary/aromatic N) is 1. The van der Waals surface area contributed by atoms with Crippen LogP contribution in [0.15, 0.2) is 54.6 Å². The molecule has 28 heavy (non-hydrogen) atoms. The van der Waals surface area contributed by atoms with Gasteiger partial charge in [-0.2, -0.15) is 5.06 Å². The number of aliphatic hydroxyl groups is 1. The Bertz CT molecular complexity index is 696. The number of aryl methyl sites for hydroxylation is 1. The molecule has 0 saturated carbocycles. The Morgan fingerprint density at radius 1 is 1.14 bits per heavy atom. The molecule has 0 aliphatic rings. The number of ether oxygens (including phenoxy) is 1. The van der Waals surface area contributed by atoms with Gasteiger partial charge in [-0.3, -0.25) is 4.79 Å². The standard InChI is InChI=1S/C14H21NO4.C7H8O.Y/c1-11-5-4-6-12(9-11)14(2,13(16)17)10-19-8-7-15(3)18;8-6-7-4-2-1-3-5-7;/h4-6,9,18H,7-8,10H2,1-3H3,(H,16,17);1-5,8H,6H2;. The fourth-order valence-electron chi connectivity index (χ4n) is 2.31. The number of carbonyl (C=O) groups is 1. The molecule has 2 aromatic rings. The normalized spacial score (nSPS) is 12.4. The zero-order chi connectivity index (χ0) is 20.3. The maximum Gasteiger partial charge on any atom is 0.316 e. The summed E-state index contributed by atoms with van der Waals surface area (Å²) >= 11 is 0. The van der Waals surface area contributed by atoms with Gasteiger partial charge in [0.05, 0.1) is 19.8 Å². The molecular weight excluding hydrogens is 435 g/mol. The minimum absolute atomic E-state index is 0. The van der Waals surface area contributed by atoms with Crippen molar-refractivity contribution in [2.45, 2.75) is 25.9 Å². The first-order chi connectivity index (χ1) is 12.8. The first kappa shape index (κ1) is 26.9. The Hall–Kier alpha value is -1.15. The van der Waals surface area contributed by atoms with Crippen LogP contribution in [0.1, 0.15) is 23.6 Å². The number of hydrogen-bond acceptors (Lipinski definition) is 5. The van der Waals surface area contributed by atoms with Crippen LogP contribution in [0.3, 0.4) is 0 Å². The van der Waals surface area contributed by atoms with Crippen molar-refractivity contribution in [1.82, 2.24) is 5.06 Å². The van der Waals surface area contributed by atoms with Gasteiger partial charge in [0.1, 0.15) is 5.41 Å². The van der Waals surface area contributed by atoms with E-state index in [-0.39, 0.29) is 52.5 Å². The van der Waals surface area contributed by atoms with Crippen LogP contribution in [-0.2, 0) is 54.3 Å². The van der Waals surface area contributed by atoms with Gasteiger partial charge in [0.15, 0.2) is 0 Å². The third-order valence-corrected chi connectivity index (χ3v) is 4.10.